The second kappa shape index (κ2) is 9.21. The van der Waals surface area contributed by atoms with Gasteiger partial charge in [-0.1, -0.05) is 18.2 Å². The van der Waals surface area contributed by atoms with E-state index in [-0.39, 0.29) is 35.0 Å². The third-order valence-electron chi connectivity index (χ3n) is 5.23. The van der Waals surface area contributed by atoms with Gasteiger partial charge in [0.2, 0.25) is 5.82 Å². The molecule has 0 saturated heterocycles. The predicted octanol–water partition coefficient (Wildman–Crippen LogP) is 6.63. The lowest BCUT2D eigenvalue weighted by atomic mass is 9.89. The van der Waals surface area contributed by atoms with Gasteiger partial charge in [0, 0.05) is 22.6 Å². The zero-order valence-electron chi connectivity index (χ0n) is 16.7. The molecule has 2 atom stereocenters. The van der Waals surface area contributed by atoms with Crippen LogP contribution in [0.2, 0.25) is 0 Å². The summed E-state index contributed by atoms with van der Waals surface area (Å²) in [6.07, 6.45) is 8.14. The fourth-order valence-electron chi connectivity index (χ4n) is 3.47. The first-order valence-corrected chi connectivity index (χ1v) is 9.80. The molecule has 0 amide bonds. The average Bonchev–Trinajstić information content (AvgIpc) is 2.74. The Hall–Kier alpha value is -2.69. The molecule has 0 saturated carbocycles. The van der Waals surface area contributed by atoms with E-state index in [1.165, 1.54) is 18.2 Å². The topological polar surface area (TPSA) is 18.5 Å². The Kier molecular flexibility index (Phi) is 6.68. The third kappa shape index (κ3) is 4.50. The maximum absolute atomic E-state index is 14.9. The molecule has 29 heavy (non-hydrogen) atoms. The van der Waals surface area contributed by atoms with E-state index in [9.17, 15) is 13.2 Å². The summed E-state index contributed by atoms with van der Waals surface area (Å²) in [6.45, 7) is 7.69. The van der Waals surface area contributed by atoms with E-state index in [1.54, 1.807) is 19.9 Å². The molecular formula is C24H25F3O2. The largest absolute Gasteiger partial charge is 0.493 e. The molecule has 0 bridgehead atoms. The standard InChI is InChI=1S/C24H25F3O2/c1-4-16-6-8-17(9-7-16)14-29-20-12-10-18(22(25)15(20)3)19-11-13-21(28-5-2)24(27)23(19)26/h4,6,8,10-13,16-17H,1,5,7,9,14H2,2-3H3. The molecule has 0 aliphatic heterocycles. The normalized spacial score (nSPS) is 18.5. The number of ether oxygens (including phenoxy) is 2. The van der Waals surface area contributed by atoms with Crippen molar-refractivity contribution >= 4 is 0 Å². The summed E-state index contributed by atoms with van der Waals surface area (Å²) in [7, 11) is 0. The molecule has 0 fully saturated rings. The molecule has 1 aliphatic carbocycles. The first-order valence-electron chi connectivity index (χ1n) is 9.80. The van der Waals surface area contributed by atoms with Gasteiger partial charge in [0.05, 0.1) is 13.2 Å². The van der Waals surface area contributed by atoms with Gasteiger partial charge in [-0.15, -0.1) is 6.58 Å². The van der Waals surface area contributed by atoms with Crippen molar-refractivity contribution < 1.29 is 22.6 Å². The van der Waals surface area contributed by atoms with Crippen LogP contribution in [0.5, 0.6) is 11.5 Å². The second-order valence-electron chi connectivity index (χ2n) is 7.16. The molecule has 0 aromatic heterocycles. The monoisotopic (exact) mass is 402 g/mol. The van der Waals surface area contributed by atoms with E-state index in [0.29, 0.717) is 18.3 Å². The highest BCUT2D eigenvalue weighted by atomic mass is 19.2. The lowest BCUT2D eigenvalue weighted by Crippen LogP contribution is -2.15. The van der Waals surface area contributed by atoms with Crippen LogP contribution in [0.1, 0.15) is 25.3 Å². The van der Waals surface area contributed by atoms with Gasteiger partial charge in [0.1, 0.15) is 11.6 Å². The summed E-state index contributed by atoms with van der Waals surface area (Å²) in [4.78, 5) is 0. The molecule has 2 unspecified atom stereocenters. The molecule has 5 heteroatoms. The molecule has 0 radical (unpaired) electrons. The van der Waals surface area contributed by atoms with Crippen molar-refractivity contribution in [3.63, 3.8) is 0 Å². The lowest BCUT2D eigenvalue weighted by molar-refractivity contribution is 0.257. The minimum absolute atomic E-state index is 0.0133. The van der Waals surface area contributed by atoms with Gasteiger partial charge in [-0.05, 0) is 56.9 Å². The van der Waals surface area contributed by atoms with Crippen molar-refractivity contribution in [2.75, 3.05) is 13.2 Å². The highest BCUT2D eigenvalue weighted by Crippen LogP contribution is 2.35. The highest BCUT2D eigenvalue weighted by molar-refractivity contribution is 5.68. The zero-order valence-corrected chi connectivity index (χ0v) is 16.7. The van der Waals surface area contributed by atoms with E-state index < -0.39 is 17.5 Å². The van der Waals surface area contributed by atoms with Crippen molar-refractivity contribution in [2.45, 2.75) is 26.7 Å². The van der Waals surface area contributed by atoms with Gasteiger partial charge in [0.25, 0.3) is 0 Å². The van der Waals surface area contributed by atoms with E-state index >= 15 is 0 Å². The highest BCUT2D eigenvalue weighted by Gasteiger charge is 2.21. The van der Waals surface area contributed by atoms with Crippen molar-refractivity contribution in [3.8, 4) is 22.6 Å². The summed E-state index contributed by atoms with van der Waals surface area (Å²) in [5, 5.41) is 0. The Morgan fingerprint density at radius 3 is 2.24 bits per heavy atom. The Morgan fingerprint density at radius 1 is 0.931 bits per heavy atom. The molecule has 2 nitrogen and oxygen atoms in total. The molecular weight excluding hydrogens is 377 g/mol. The van der Waals surface area contributed by atoms with Crippen LogP contribution in [-0.2, 0) is 0 Å². The number of allylic oxidation sites excluding steroid dienone is 2. The maximum Gasteiger partial charge on any atom is 0.201 e. The number of hydrogen-bond donors (Lipinski definition) is 0. The molecule has 3 rings (SSSR count). The van der Waals surface area contributed by atoms with Crippen molar-refractivity contribution in [2.24, 2.45) is 11.8 Å². The fourth-order valence-corrected chi connectivity index (χ4v) is 3.47. The van der Waals surface area contributed by atoms with Crippen LogP contribution < -0.4 is 9.47 Å². The van der Waals surface area contributed by atoms with Crippen LogP contribution in [0.25, 0.3) is 11.1 Å². The summed E-state index contributed by atoms with van der Waals surface area (Å²) >= 11 is 0. The van der Waals surface area contributed by atoms with Gasteiger partial charge in [-0.2, -0.15) is 4.39 Å². The molecule has 0 heterocycles. The predicted molar refractivity (Wildman–Crippen MR) is 109 cm³/mol. The van der Waals surface area contributed by atoms with Crippen LogP contribution >= 0.6 is 0 Å². The molecule has 2 aromatic carbocycles. The van der Waals surface area contributed by atoms with Gasteiger partial charge in [0.15, 0.2) is 11.6 Å². The van der Waals surface area contributed by atoms with Crippen molar-refractivity contribution in [3.05, 3.63) is 72.1 Å². The van der Waals surface area contributed by atoms with E-state index in [0.717, 1.165) is 12.8 Å². The third-order valence-corrected chi connectivity index (χ3v) is 5.23. The summed E-state index contributed by atoms with van der Waals surface area (Å²) in [5.74, 6) is -2.02. The van der Waals surface area contributed by atoms with Crippen LogP contribution in [0.3, 0.4) is 0 Å². The van der Waals surface area contributed by atoms with Gasteiger partial charge >= 0.3 is 0 Å². The van der Waals surface area contributed by atoms with Crippen LogP contribution in [0, 0.1) is 36.2 Å². The van der Waals surface area contributed by atoms with E-state index in [4.69, 9.17) is 9.47 Å². The van der Waals surface area contributed by atoms with Crippen molar-refractivity contribution in [1.29, 1.82) is 0 Å². The minimum Gasteiger partial charge on any atom is -0.493 e. The Labute approximate surface area is 169 Å². The van der Waals surface area contributed by atoms with Crippen LogP contribution in [0.4, 0.5) is 13.2 Å². The Bertz CT molecular complexity index is 921. The van der Waals surface area contributed by atoms with Crippen LogP contribution in [-0.4, -0.2) is 13.2 Å². The van der Waals surface area contributed by atoms with Crippen molar-refractivity contribution in [1.82, 2.24) is 0 Å². The summed E-state index contributed by atoms with van der Waals surface area (Å²) in [5.41, 5.74) is 0.101. The van der Waals surface area contributed by atoms with Gasteiger partial charge in [-0.3, -0.25) is 0 Å². The van der Waals surface area contributed by atoms with Gasteiger partial charge < -0.3 is 9.47 Å². The fraction of sp³-hybridized carbons (Fsp3) is 0.333. The van der Waals surface area contributed by atoms with E-state index in [2.05, 4.69) is 18.7 Å². The molecule has 1 aliphatic rings. The first kappa shape index (κ1) is 21.0. The minimum atomic E-state index is -1.13. The molecule has 2 aromatic rings. The number of rotatable bonds is 7. The maximum atomic E-state index is 14.9. The second-order valence-corrected chi connectivity index (χ2v) is 7.16. The van der Waals surface area contributed by atoms with E-state index in [1.807, 2.05) is 6.08 Å². The molecule has 0 N–H and O–H groups in total. The Morgan fingerprint density at radius 2 is 1.62 bits per heavy atom. The first-order chi connectivity index (χ1) is 14.0. The quantitative estimate of drug-likeness (QED) is 0.484. The number of benzene rings is 2. The lowest BCUT2D eigenvalue weighted by Gasteiger charge is -2.21. The zero-order chi connectivity index (χ0) is 21.0. The van der Waals surface area contributed by atoms with Crippen LogP contribution in [0.15, 0.2) is 49.1 Å². The SMILES string of the molecule is C=CC1C=CC(COc2ccc(-c3ccc(OCC)c(F)c3F)c(F)c2C)CC1. The molecule has 0 spiro atoms. The average molecular weight is 402 g/mol. The molecule has 154 valence electrons. The summed E-state index contributed by atoms with van der Waals surface area (Å²) < 4.78 is 54.4. The number of hydrogen-bond acceptors (Lipinski definition) is 2. The summed E-state index contributed by atoms with van der Waals surface area (Å²) in [6, 6.07) is 5.65. The number of halogens is 3. The van der Waals surface area contributed by atoms with Gasteiger partial charge in [-0.25, -0.2) is 8.78 Å². The Balaban J connectivity index is 1.80. The smallest absolute Gasteiger partial charge is 0.201 e.